The average molecular weight is 258 g/mol. The molecule has 0 heterocycles. The van der Waals surface area contributed by atoms with Crippen molar-refractivity contribution in [2.45, 2.75) is 40.0 Å². The highest BCUT2D eigenvalue weighted by molar-refractivity contribution is 5.87. The third-order valence-corrected chi connectivity index (χ3v) is 3.22. The highest BCUT2D eigenvalue weighted by Crippen LogP contribution is 2.23. The van der Waals surface area contributed by atoms with Gasteiger partial charge in [0.05, 0.1) is 27.6 Å². The highest BCUT2D eigenvalue weighted by atomic mass is 16.5. The fourth-order valence-electron chi connectivity index (χ4n) is 1.26. The first kappa shape index (κ1) is 17.1. The van der Waals surface area contributed by atoms with E-state index in [1.54, 1.807) is 0 Å². The molecule has 0 N–H and O–H groups in total. The molecule has 0 fully saturated rings. The minimum absolute atomic E-state index is 0.133. The molecule has 0 radical (unpaired) electrons. The number of quaternary nitrogens is 1. The van der Waals surface area contributed by atoms with E-state index in [-0.39, 0.29) is 30.0 Å². The van der Waals surface area contributed by atoms with Crippen molar-refractivity contribution in [3.05, 3.63) is 0 Å². The van der Waals surface area contributed by atoms with Crippen molar-refractivity contribution in [2.24, 2.45) is 5.41 Å². The van der Waals surface area contributed by atoms with Crippen molar-refractivity contribution in [1.29, 1.82) is 0 Å². The Morgan fingerprint density at radius 2 is 1.67 bits per heavy atom. The van der Waals surface area contributed by atoms with Crippen molar-refractivity contribution in [3.8, 4) is 0 Å². The Kier molecular flexibility index (Phi) is 6.54. The normalized spacial score (nSPS) is 12.3. The summed E-state index contributed by atoms with van der Waals surface area (Å²) in [4.78, 5) is 23.3. The fourth-order valence-corrected chi connectivity index (χ4v) is 1.26. The highest BCUT2D eigenvalue weighted by Gasteiger charge is 2.25. The zero-order chi connectivity index (χ0) is 14.4. The van der Waals surface area contributed by atoms with Crippen LogP contribution in [0.15, 0.2) is 0 Å². The van der Waals surface area contributed by atoms with E-state index in [0.717, 1.165) is 17.4 Å². The number of rotatable bonds is 8. The summed E-state index contributed by atoms with van der Waals surface area (Å²) < 4.78 is 5.87. The van der Waals surface area contributed by atoms with Gasteiger partial charge in [-0.1, -0.05) is 20.8 Å². The predicted molar refractivity (Wildman–Crippen MR) is 72.2 cm³/mol. The van der Waals surface area contributed by atoms with E-state index in [4.69, 9.17) is 4.74 Å². The number of hydrogen-bond donors (Lipinski definition) is 0. The summed E-state index contributed by atoms with van der Waals surface area (Å²) in [6.07, 6.45) is 1.27. The maximum atomic E-state index is 11.8. The topological polar surface area (TPSA) is 43.4 Å². The van der Waals surface area contributed by atoms with Gasteiger partial charge in [0.2, 0.25) is 0 Å². The number of carbonyl (C=O) groups is 2. The molecule has 0 aliphatic heterocycles. The summed E-state index contributed by atoms with van der Waals surface area (Å²) >= 11 is 0. The number of Topliss-reactive ketones (excluding diaryl/α,β-unsaturated/α-hetero) is 1. The fraction of sp³-hybridized carbons (Fsp3) is 0.857. The van der Waals surface area contributed by atoms with Crippen LogP contribution in [0.4, 0.5) is 0 Å². The zero-order valence-corrected chi connectivity index (χ0v) is 12.7. The van der Waals surface area contributed by atoms with E-state index in [0.29, 0.717) is 6.61 Å². The van der Waals surface area contributed by atoms with Crippen LogP contribution in [0.2, 0.25) is 0 Å². The number of ketones is 1. The summed E-state index contributed by atoms with van der Waals surface area (Å²) in [5.41, 5.74) is -0.331. The lowest BCUT2D eigenvalue weighted by atomic mass is 9.83. The van der Waals surface area contributed by atoms with Gasteiger partial charge < -0.3 is 9.22 Å². The zero-order valence-electron chi connectivity index (χ0n) is 12.7. The smallest absolute Gasteiger partial charge is 0.306 e. The number of hydrogen-bond acceptors (Lipinski definition) is 3. The number of ether oxygens (including phenoxy) is 1. The maximum Gasteiger partial charge on any atom is 0.306 e. The number of nitrogens with zero attached hydrogens (tertiary/aromatic N) is 1. The molecule has 0 amide bonds. The van der Waals surface area contributed by atoms with Crippen LogP contribution in [0.1, 0.15) is 40.0 Å². The van der Waals surface area contributed by atoms with E-state index >= 15 is 0 Å². The van der Waals surface area contributed by atoms with Gasteiger partial charge in [0, 0.05) is 11.8 Å². The third kappa shape index (κ3) is 7.43. The molecule has 0 aromatic carbocycles. The van der Waals surface area contributed by atoms with E-state index in [1.165, 1.54) is 0 Å². The molecule has 0 bridgehead atoms. The SMILES string of the molecule is CCC(C)(C)C(=O)CCC(=O)OCC[N+](C)(C)C. The first-order chi connectivity index (χ1) is 8.08. The Morgan fingerprint density at radius 3 is 2.11 bits per heavy atom. The Labute approximate surface area is 111 Å². The Bertz CT molecular complexity index is 290. The van der Waals surface area contributed by atoms with Crippen LogP contribution in [-0.2, 0) is 14.3 Å². The number of carbonyl (C=O) groups excluding carboxylic acids is 2. The van der Waals surface area contributed by atoms with Crippen molar-refractivity contribution in [1.82, 2.24) is 0 Å². The number of esters is 1. The Morgan fingerprint density at radius 1 is 1.11 bits per heavy atom. The van der Waals surface area contributed by atoms with Gasteiger partial charge in [0.15, 0.2) is 0 Å². The summed E-state index contributed by atoms with van der Waals surface area (Å²) in [6.45, 7) is 7.00. The molecular formula is C14H28NO3+. The molecule has 18 heavy (non-hydrogen) atoms. The van der Waals surface area contributed by atoms with Gasteiger partial charge in [-0.2, -0.15) is 0 Å². The molecule has 106 valence electrons. The molecular weight excluding hydrogens is 230 g/mol. The van der Waals surface area contributed by atoms with E-state index in [2.05, 4.69) is 0 Å². The molecule has 0 rings (SSSR count). The van der Waals surface area contributed by atoms with Crippen LogP contribution in [0.25, 0.3) is 0 Å². The van der Waals surface area contributed by atoms with Gasteiger partial charge in [-0.3, -0.25) is 9.59 Å². The Balaban J connectivity index is 3.88. The second-order valence-electron chi connectivity index (χ2n) is 6.40. The summed E-state index contributed by atoms with van der Waals surface area (Å²) in [5, 5.41) is 0. The van der Waals surface area contributed by atoms with Crippen molar-refractivity contribution < 1.29 is 18.8 Å². The van der Waals surface area contributed by atoms with E-state index in [1.807, 2.05) is 41.9 Å². The molecule has 0 saturated heterocycles. The van der Waals surface area contributed by atoms with Gasteiger partial charge in [-0.15, -0.1) is 0 Å². The largest absolute Gasteiger partial charge is 0.460 e. The Hall–Kier alpha value is -0.900. The first-order valence-corrected chi connectivity index (χ1v) is 6.58. The average Bonchev–Trinajstić information content (AvgIpc) is 2.24. The van der Waals surface area contributed by atoms with Crippen LogP contribution in [0.5, 0.6) is 0 Å². The minimum atomic E-state index is -0.331. The molecule has 0 aromatic heterocycles. The van der Waals surface area contributed by atoms with Crippen LogP contribution < -0.4 is 0 Å². The van der Waals surface area contributed by atoms with Gasteiger partial charge in [-0.25, -0.2) is 0 Å². The molecule has 0 spiro atoms. The van der Waals surface area contributed by atoms with Gasteiger partial charge in [-0.05, 0) is 6.42 Å². The van der Waals surface area contributed by atoms with Crippen LogP contribution in [0, 0.1) is 5.41 Å². The van der Waals surface area contributed by atoms with E-state index in [9.17, 15) is 9.59 Å². The van der Waals surface area contributed by atoms with Gasteiger partial charge >= 0.3 is 5.97 Å². The second kappa shape index (κ2) is 6.88. The predicted octanol–water partition coefficient (Wildman–Crippen LogP) is 2.02. The van der Waals surface area contributed by atoms with Gasteiger partial charge in [0.25, 0.3) is 0 Å². The molecule has 0 unspecified atom stereocenters. The lowest BCUT2D eigenvalue weighted by Crippen LogP contribution is -2.38. The molecule has 4 heteroatoms. The minimum Gasteiger partial charge on any atom is -0.460 e. The standard InChI is InChI=1S/C14H28NO3/c1-7-14(2,3)12(16)8-9-13(17)18-11-10-15(4,5)6/h7-11H2,1-6H3/q+1. The third-order valence-electron chi connectivity index (χ3n) is 3.22. The lowest BCUT2D eigenvalue weighted by molar-refractivity contribution is -0.870. The van der Waals surface area contributed by atoms with Crippen molar-refractivity contribution in [2.75, 3.05) is 34.3 Å². The van der Waals surface area contributed by atoms with Crippen LogP contribution in [0.3, 0.4) is 0 Å². The summed E-state index contributed by atoms with van der Waals surface area (Å²) in [7, 11) is 6.13. The van der Waals surface area contributed by atoms with Crippen LogP contribution >= 0.6 is 0 Å². The molecule has 0 aliphatic carbocycles. The first-order valence-electron chi connectivity index (χ1n) is 6.58. The monoisotopic (exact) mass is 258 g/mol. The molecule has 0 aliphatic rings. The molecule has 0 aromatic rings. The summed E-state index contributed by atoms with van der Waals surface area (Å²) in [6, 6.07) is 0. The second-order valence-corrected chi connectivity index (χ2v) is 6.40. The number of likely N-dealkylation sites (N-methyl/N-ethyl adjacent to an activating group) is 1. The lowest BCUT2D eigenvalue weighted by Gasteiger charge is -2.23. The molecule has 0 atom stereocenters. The summed E-state index contributed by atoms with van der Waals surface area (Å²) in [5.74, 6) is -0.141. The van der Waals surface area contributed by atoms with Crippen molar-refractivity contribution >= 4 is 11.8 Å². The maximum absolute atomic E-state index is 11.8. The molecule has 4 nitrogen and oxygen atoms in total. The van der Waals surface area contributed by atoms with Gasteiger partial charge in [0.1, 0.15) is 18.9 Å². The van der Waals surface area contributed by atoms with E-state index < -0.39 is 0 Å². The molecule has 0 saturated carbocycles. The van der Waals surface area contributed by atoms with Crippen molar-refractivity contribution in [3.63, 3.8) is 0 Å². The van der Waals surface area contributed by atoms with Crippen LogP contribution in [-0.4, -0.2) is 50.5 Å². The quantitative estimate of drug-likeness (QED) is 0.494.